The van der Waals surface area contributed by atoms with Crippen molar-refractivity contribution in [2.75, 3.05) is 5.32 Å². The van der Waals surface area contributed by atoms with Gasteiger partial charge in [0.15, 0.2) is 0 Å². The van der Waals surface area contributed by atoms with Crippen molar-refractivity contribution in [3.05, 3.63) is 74.3 Å². The van der Waals surface area contributed by atoms with Crippen molar-refractivity contribution in [2.45, 2.75) is 6.92 Å². The van der Waals surface area contributed by atoms with Crippen LogP contribution in [0.3, 0.4) is 0 Å². The van der Waals surface area contributed by atoms with Crippen molar-refractivity contribution in [3.63, 3.8) is 0 Å². The monoisotopic (exact) mass is 360 g/mol. The highest BCUT2D eigenvalue weighted by atomic mass is 79.9. The number of hydrogen-bond acceptors (Lipinski definition) is 3. The maximum atomic E-state index is 11.9. The summed E-state index contributed by atoms with van der Waals surface area (Å²) in [4.78, 5) is 22.1. The molecule has 112 valence electrons. The van der Waals surface area contributed by atoms with Gasteiger partial charge in [0.05, 0.1) is 4.92 Å². The molecule has 2 rings (SSSR count). The van der Waals surface area contributed by atoms with Gasteiger partial charge < -0.3 is 5.32 Å². The number of nitro benzene ring substituents is 1. The summed E-state index contributed by atoms with van der Waals surface area (Å²) in [5, 5.41) is 13.4. The number of carbonyl (C=O) groups excluding carboxylic acids is 1. The van der Waals surface area contributed by atoms with Gasteiger partial charge in [0.25, 0.3) is 5.69 Å². The molecule has 0 unspecified atom stereocenters. The minimum absolute atomic E-state index is 0.00825. The number of hydrogen-bond donors (Lipinski definition) is 1. The quantitative estimate of drug-likeness (QED) is 0.501. The predicted octanol–water partition coefficient (Wildman–Crippen LogP) is 4.32. The average Bonchev–Trinajstić information content (AvgIpc) is 2.49. The Morgan fingerprint density at radius 3 is 2.73 bits per heavy atom. The smallest absolute Gasteiger partial charge is 0.270 e. The minimum atomic E-state index is -0.470. The highest BCUT2D eigenvalue weighted by Crippen LogP contribution is 2.20. The van der Waals surface area contributed by atoms with E-state index < -0.39 is 4.92 Å². The molecule has 1 N–H and O–H groups in total. The molecule has 0 aromatic heterocycles. The van der Waals surface area contributed by atoms with Crippen LogP contribution in [0.2, 0.25) is 0 Å². The summed E-state index contributed by atoms with van der Waals surface area (Å²) in [5.74, 6) is -0.298. The van der Waals surface area contributed by atoms with Crippen LogP contribution in [-0.4, -0.2) is 10.8 Å². The lowest BCUT2D eigenvalue weighted by atomic mass is 10.2. The molecular weight excluding hydrogens is 348 g/mol. The van der Waals surface area contributed by atoms with Crippen LogP contribution in [0, 0.1) is 17.0 Å². The van der Waals surface area contributed by atoms with E-state index in [9.17, 15) is 14.9 Å². The van der Waals surface area contributed by atoms with E-state index in [0.29, 0.717) is 11.3 Å². The maximum Gasteiger partial charge on any atom is 0.270 e. The molecule has 0 spiro atoms. The number of anilines is 1. The number of amides is 1. The number of non-ortho nitro benzene ring substituents is 1. The van der Waals surface area contributed by atoms with Crippen LogP contribution in [0.25, 0.3) is 6.08 Å². The van der Waals surface area contributed by atoms with Crippen LogP contribution in [0.15, 0.2) is 53.0 Å². The first kappa shape index (κ1) is 15.9. The van der Waals surface area contributed by atoms with E-state index in [0.717, 1.165) is 10.0 Å². The fourth-order valence-corrected chi connectivity index (χ4v) is 2.07. The summed E-state index contributed by atoms with van der Waals surface area (Å²) < 4.78 is 0.970. The van der Waals surface area contributed by atoms with Crippen molar-refractivity contribution < 1.29 is 9.72 Å². The molecule has 0 saturated carbocycles. The van der Waals surface area contributed by atoms with Crippen LogP contribution in [-0.2, 0) is 4.79 Å². The molecule has 6 heteroatoms. The fraction of sp³-hybridized carbons (Fsp3) is 0.0625. The van der Waals surface area contributed by atoms with E-state index in [1.165, 1.54) is 24.3 Å². The Hall–Kier alpha value is -2.47. The van der Waals surface area contributed by atoms with Gasteiger partial charge in [-0.3, -0.25) is 14.9 Å². The third-order valence-electron chi connectivity index (χ3n) is 2.93. The zero-order chi connectivity index (χ0) is 16.1. The average molecular weight is 361 g/mol. The van der Waals surface area contributed by atoms with Crippen molar-refractivity contribution in [1.82, 2.24) is 0 Å². The fourth-order valence-electron chi connectivity index (χ4n) is 1.82. The van der Waals surface area contributed by atoms with Gasteiger partial charge >= 0.3 is 0 Å². The van der Waals surface area contributed by atoms with Gasteiger partial charge in [-0.05, 0) is 42.3 Å². The molecule has 2 aromatic carbocycles. The Balaban J connectivity index is 2.06. The zero-order valence-corrected chi connectivity index (χ0v) is 13.3. The summed E-state index contributed by atoms with van der Waals surface area (Å²) >= 11 is 3.39. The zero-order valence-electron chi connectivity index (χ0n) is 11.7. The van der Waals surface area contributed by atoms with Crippen molar-refractivity contribution in [3.8, 4) is 0 Å². The van der Waals surface area contributed by atoms with Crippen LogP contribution < -0.4 is 5.32 Å². The van der Waals surface area contributed by atoms with Crippen molar-refractivity contribution in [1.29, 1.82) is 0 Å². The molecule has 2 aromatic rings. The molecule has 5 nitrogen and oxygen atoms in total. The highest BCUT2D eigenvalue weighted by molar-refractivity contribution is 9.10. The molecular formula is C16H13BrN2O3. The Bertz CT molecular complexity index is 757. The number of carbonyl (C=O) groups is 1. The van der Waals surface area contributed by atoms with E-state index >= 15 is 0 Å². The molecule has 22 heavy (non-hydrogen) atoms. The summed E-state index contributed by atoms with van der Waals surface area (Å²) in [6.07, 6.45) is 2.88. The van der Waals surface area contributed by atoms with Gasteiger partial charge in [-0.2, -0.15) is 0 Å². The second-order valence-electron chi connectivity index (χ2n) is 4.64. The summed E-state index contributed by atoms with van der Waals surface area (Å²) in [7, 11) is 0. The lowest BCUT2D eigenvalue weighted by Gasteiger charge is -2.04. The Morgan fingerprint density at radius 1 is 1.27 bits per heavy atom. The number of nitrogens with zero attached hydrogens (tertiary/aromatic N) is 1. The molecule has 1 amide bonds. The number of halogens is 1. The van der Waals surface area contributed by atoms with E-state index in [-0.39, 0.29) is 11.6 Å². The van der Waals surface area contributed by atoms with Gasteiger partial charge in [-0.1, -0.05) is 28.1 Å². The molecule has 0 aliphatic rings. The van der Waals surface area contributed by atoms with E-state index in [4.69, 9.17) is 0 Å². The third kappa shape index (κ3) is 4.26. The highest BCUT2D eigenvalue weighted by Gasteiger charge is 2.04. The van der Waals surface area contributed by atoms with Gasteiger partial charge in [0, 0.05) is 28.4 Å². The number of benzene rings is 2. The molecule has 0 heterocycles. The lowest BCUT2D eigenvalue weighted by Crippen LogP contribution is -2.07. The summed E-state index contributed by atoms with van der Waals surface area (Å²) in [6, 6.07) is 11.6. The normalized spacial score (nSPS) is 10.6. The number of rotatable bonds is 4. The molecule has 0 aliphatic carbocycles. The summed E-state index contributed by atoms with van der Waals surface area (Å²) in [6.45, 7) is 1.93. The first-order valence-electron chi connectivity index (χ1n) is 6.45. The number of aryl methyl sites for hydroxylation is 1. The number of nitro groups is 1. The minimum Gasteiger partial charge on any atom is -0.323 e. The molecule has 0 fully saturated rings. The largest absolute Gasteiger partial charge is 0.323 e. The second-order valence-corrected chi connectivity index (χ2v) is 5.49. The van der Waals surface area contributed by atoms with Crippen LogP contribution >= 0.6 is 15.9 Å². The van der Waals surface area contributed by atoms with Gasteiger partial charge in [-0.15, -0.1) is 0 Å². The van der Waals surface area contributed by atoms with Crippen molar-refractivity contribution in [2.24, 2.45) is 0 Å². The predicted molar refractivity (Wildman–Crippen MR) is 89.6 cm³/mol. The SMILES string of the molecule is Cc1cc(NC(=O)/C=C/c2cccc([N+](=O)[O-])c2)ccc1Br. The van der Waals surface area contributed by atoms with E-state index in [1.807, 2.05) is 19.1 Å². The van der Waals surface area contributed by atoms with Gasteiger partial charge in [0.2, 0.25) is 5.91 Å². The standard InChI is InChI=1S/C16H13BrN2O3/c1-11-9-13(6-7-15(11)17)18-16(20)8-5-12-3-2-4-14(10-12)19(21)22/h2-10H,1H3,(H,18,20)/b8-5+. The molecule has 0 atom stereocenters. The van der Waals surface area contributed by atoms with E-state index in [1.54, 1.807) is 18.2 Å². The molecule has 0 saturated heterocycles. The summed E-state index contributed by atoms with van der Waals surface area (Å²) in [5.41, 5.74) is 2.29. The Labute approximate surface area is 135 Å². The Kier molecular flexibility index (Phi) is 5.06. The Morgan fingerprint density at radius 2 is 2.05 bits per heavy atom. The molecule has 0 bridgehead atoms. The third-order valence-corrected chi connectivity index (χ3v) is 3.82. The van der Waals surface area contributed by atoms with Crippen molar-refractivity contribution >= 4 is 39.3 Å². The maximum absolute atomic E-state index is 11.9. The topological polar surface area (TPSA) is 72.2 Å². The lowest BCUT2D eigenvalue weighted by molar-refractivity contribution is -0.384. The molecule has 0 aliphatic heterocycles. The molecule has 0 radical (unpaired) electrons. The van der Waals surface area contributed by atoms with Crippen LogP contribution in [0.4, 0.5) is 11.4 Å². The van der Waals surface area contributed by atoms with Gasteiger partial charge in [-0.25, -0.2) is 0 Å². The van der Waals surface area contributed by atoms with Crippen LogP contribution in [0.1, 0.15) is 11.1 Å². The second kappa shape index (κ2) is 7.00. The van der Waals surface area contributed by atoms with E-state index in [2.05, 4.69) is 21.2 Å². The number of nitrogens with one attached hydrogen (secondary N) is 1. The van der Waals surface area contributed by atoms with Gasteiger partial charge in [0.1, 0.15) is 0 Å². The van der Waals surface area contributed by atoms with Crippen LogP contribution in [0.5, 0.6) is 0 Å². The first-order chi connectivity index (χ1) is 10.5. The first-order valence-corrected chi connectivity index (χ1v) is 7.24.